The lowest BCUT2D eigenvalue weighted by Crippen LogP contribution is -2.31. The van der Waals surface area contributed by atoms with E-state index in [-0.39, 0.29) is 0 Å². The molecule has 2 nitrogen and oxygen atoms in total. The SMILES string of the molecule is C1=CC2CCCCCCCCCN2N=C1. The Morgan fingerprint density at radius 1 is 0.933 bits per heavy atom. The van der Waals surface area contributed by atoms with Gasteiger partial charge in [0.15, 0.2) is 0 Å². The first kappa shape index (κ1) is 10.7. The number of hydrazone groups is 1. The first-order chi connectivity index (χ1) is 7.47. The molecular weight excluding hydrogens is 184 g/mol. The first-order valence-corrected chi connectivity index (χ1v) is 6.44. The van der Waals surface area contributed by atoms with Crippen molar-refractivity contribution in [2.24, 2.45) is 5.10 Å². The molecule has 15 heavy (non-hydrogen) atoms. The molecule has 2 rings (SSSR count). The molecule has 0 aromatic heterocycles. The van der Waals surface area contributed by atoms with Crippen LogP contribution in [0.5, 0.6) is 0 Å². The lowest BCUT2D eigenvalue weighted by molar-refractivity contribution is 0.222. The highest BCUT2D eigenvalue weighted by atomic mass is 15.5. The molecule has 2 heteroatoms. The molecule has 84 valence electrons. The summed E-state index contributed by atoms with van der Waals surface area (Å²) in [5.74, 6) is 0. The highest BCUT2D eigenvalue weighted by Crippen LogP contribution is 2.18. The zero-order valence-electron chi connectivity index (χ0n) is 9.57. The molecule has 0 bridgehead atoms. The van der Waals surface area contributed by atoms with Gasteiger partial charge in [-0.05, 0) is 18.9 Å². The molecule has 0 aliphatic carbocycles. The summed E-state index contributed by atoms with van der Waals surface area (Å²) >= 11 is 0. The second-order valence-electron chi connectivity index (χ2n) is 4.64. The molecule has 0 aromatic rings. The molecule has 1 saturated heterocycles. The Morgan fingerprint density at radius 2 is 1.67 bits per heavy atom. The van der Waals surface area contributed by atoms with Gasteiger partial charge in [0.1, 0.15) is 0 Å². The minimum atomic E-state index is 0.577. The van der Waals surface area contributed by atoms with Crippen LogP contribution in [-0.4, -0.2) is 23.8 Å². The summed E-state index contributed by atoms with van der Waals surface area (Å²) in [5.41, 5.74) is 0. The van der Waals surface area contributed by atoms with Crippen molar-refractivity contribution in [1.82, 2.24) is 5.01 Å². The number of fused-ring (bicyclic) bond motifs is 1. The Morgan fingerprint density at radius 3 is 2.53 bits per heavy atom. The molecule has 2 aliphatic rings. The second-order valence-corrected chi connectivity index (χ2v) is 4.64. The van der Waals surface area contributed by atoms with Gasteiger partial charge in [-0.15, -0.1) is 0 Å². The van der Waals surface area contributed by atoms with Crippen molar-refractivity contribution >= 4 is 6.21 Å². The van der Waals surface area contributed by atoms with E-state index < -0.39 is 0 Å². The largest absolute Gasteiger partial charge is 0.290 e. The van der Waals surface area contributed by atoms with Gasteiger partial charge in [-0.25, -0.2) is 0 Å². The van der Waals surface area contributed by atoms with Crippen molar-refractivity contribution in [3.05, 3.63) is 12.2 Å². The molecular formula is C13H22N2. The fraction of sp³-hybridized carbons (Fsp3) is 0.769. The summed E-state index contributed by atoms with van der Waals surface area (Å²) in [7, 11) is 0. The van der Waals surface area contributed by atoms with Crippen LogP contribution in [0.2, 0.25) is 0 Å². The van der Waals surface area contributed by atoms with Gasteiger partial charge in [0.2, 0.25) is 0 Å². The van der Waals surface area contributed by atoms with Gasteiger partial charge >= 0.3 is 0 Å². The van der Waals surface area contributed by atoms with Gasteiger partial charge in [-0.2, -0.15) is 5.10 Å². The number of rotatable bonds is 0. The molecule has 0 saturated carbocycles. The van der Waals surface area contributed by atoms with Crippen molar-refractivity contribution < 1.29 is 0 Å². The third-order valence-corrected chi connectivity index (χ3v) is 3.40. The summed E-state index contributed by atoms with van der Waals surface area (Å²) in [6.07, 6.45) is 17.4. The quantitative estimate of drug-likeness (QED) is 0.593. The molecule has 0 amide bonds. The van der Waals surface area contributed by atoms with E-state index in [0.29, 0.717) is 6.04 Å². The van der Waals surface area contributed by atoms with E-state index in [1.54, 1.807) is 0 Å². The smallest absolute Gasteiger partial charge is 0.0654 e. The van der Waals surface area contributed by atoms with E-state index in [0.717, 1.165) is 6.54 Å². The zero-order chi connectivity index (χ0) is 10.3. The van der Waals surface area contributed by atoms with Gasteiger partial charge in [0.05, 0.1) is 6.04 Å². The van der Waals surface area contributed by atoms with Gasteiger partial charge in [-0.1, -0.05) is 44.6 Å². The summed E-state index contributed by atoms with van der Waals surface area (Å²) in [6.45, 7) is 1.14. The van der Waals surface area contributed by atoms with Gasteiger partial charge in [-0.3, -0.25) is 5.01 Å². The molecule has 2 heterocycles. The summed E-state index contributed by atoms with van der Waals surface area (Å²) in [6, 6.07) is 0.577. The average molecular weight is 206 g/mol. The van der Waals surface area contributed by atoms with Crippen molar-refractivity contribution in [1.29, 1.82) is 0 Å². The Hall–Kier alpha value is -0.790. The minimum Gasteiger partial charge on any atom is -0.290 e. The standard InChI is InChI=1S/C13H22N2/c1-2-4-6-9-13-10-8-11-14-15(13)12-7-5-3-1/h8,10-11,13H,1-7,9,12H2. The van der Waals surface area contributed by atoms with Crippen LogP contribution in [0.4, 0.5) is 0 Å². The van der Waals surface area contributed by atoms with Crippen LogP contribution in [0.15, 0.2) is 17.3 Å². The van der Waals surface area contributed by atoms with Crippen molar-refractivity contribution in [2.45, 2.75) is 57.4 Å². The van der Waals surface area contributed by atoms with Gasteiger partial charge < -0.3 is 0 Å². The van der Waals surface area contributed by atoms with Crippen LogP contribution in [0.1, 0.15) is 51.4 Å². The summed E-state index contributed by atoms with van der Waals surface area (Å²) in [5, 5.41) is 6.76. The highest BCUT2D eigenvalue weighted by Gasteiger charge is 2.15. The number of hydrogen-bond acceptors (Lipinski definition) is 2. The van der Waals surface area contributed by atoms with Crippen LogP contribution in [-0.2, 0) is 0 Å². The first-order valence-electron chi connectivity index (χ1n) is 6.44. The van der Waals surface area contributed by atoms with E-state index in [1.165, 1.54) is 51.4 Å². The third kappa shape index (κ3) is 3.37. The maximum atomic E-state index is 4.48. The topological polar surface area (TPSA) is 15.6 Å². The lowest BCUT2D eigenvalue weighted by Gasteiger charge is -2.28. The van der Waals surface area contributed by atoms with Crippen LogP contribution in [0.3, 0.4) is 0 Å². The minimum absolute atomic E-state index is 0.577. The normalized spacial score (nSPS) is 28.3. The molecule has 1 unspecified atom stereocenters. The maximum absolute atomic E-state index is 4.48. The molecule has 0 radical (unpaired) electrons. The molecule has 1 atom stereocenters. The van der Waals surface area contributed by atoms with Crippen LogP contribution < -0.4 is 0 Å². The number of nitrogens with zero attached hydrogens (tertiary/aromatic N) is 2. The highest BCUT2D eigenvalue weighted by molar-refractivity contribution is 5.71. The van der Waals surface area contributed by atoms with Gasteiger partial charge in [0.25, 0.3) is 0 Å². The van der Waals surface area contributed by atoms with Gasteiger partial charge in [0, 0.05) is 12.8 Å². The summed E-state index contributed by atoms with van der Waals surface area (Å²) < 4.78 is 0. The Labute approximate surface area is 93.0 Å². The molecule has 0 N–H and O–H groups in total. The van der Waals surface area contributed by atoms with E-state index in [4.69, 9.17) is 0 Å². The van der Waals surface area contributed by atoms with Crippen LogP contribution >= 0.6 is 0 Å². The van der Waals surface area contributed by atoms with Crippen LogP contribution in [0, 0.1) is 0 Å². The van der Waals surface area contributed by atoms with Crippen LogP contribution in [0.25, 0.3) is 0 Å². The third-order valence-electron chi connectivity index (χ3n) is 3.40. The molecule has 0 aromatic carbocycles. The van der Waals surface area contributed by atoms with E-state index >= 15 is 0 Å². The number of allylic oxidation sites excluding steroid dienone is 1. The molecule has 2 aliphatic heterocycles. The van der Waals surface area contributed by atoms with E-state index in [1.807, 2.05) is 6.21 Å². The Balaban J connectivity index is 1.90. The molecule has 1 fully saturated rings. The predicted molar refractivity (Wildman–Crippen MR) is 65.1 cm³/mol. The predicted octanol–water partition coefficient (Wildman–Crippen LogP) is 3.35. The van der Waals surface area contributed by atoms with E-state index in [2.05, 4.69) is 22.3 Å². The fourth-order valence-electron chi connectivity index (χ4n) is 2.47. The zero-order valence-corrected chi connectivity index (χ0v) is 9.57. The number of hydrogen-bond donors (Lipinski definition) is 0. The monoisotopic (exact) mass is 206 g/mol. The van der Waals surface area contributed by atoms with Crippen molar-refractivity contribution in [2.75, 3.05) is 6.54 Å². The van der Waals surface area contributed by atoms with Crippen molar-refractivity contribution in [3.8, 4) is 0 Å². The molecule has 0 spiro atoms. The van der Waals surface area contributed by atoms with E-state index in [9.17, 15) is 0 Å². The average Bonchev–Trinajstić information content (AvgIpc) is 2.32. The Kier molecular flexibility index (Phi) is 4.24. The summed E-state index contributed by atoms with van der Waals surface area (Å²) in [4.78, 5) is 0. The lowest BCUT2D eigenvalue weighted by atomic mass is 10.1. The maximum Gasteiger partial charge on any atom is 0.0654 e. The second kappa shape index (κ2) is 5.94. The van der Waals surface area contributed by atoms with Crippen molar-refractivity contribution in [3.63, 3.8) is 0 Å². The Bertz CT molecular complexity index is 209. The fourth-order valence-corrected chi connectivity index (χ4v) is 2.47.